The fraction of sp³-hybridized carbons (Fsp3) is 0.261. The van der Waals surface area contributed by atoms with Gasteiger partial charge in [0.2, 0.25) is 0 Å². The van der Waals surface area contributed by atoms with Crippen LogP contribution in [0, 0.1) is 7.14 Å². The predicted octanol–water partition coefficient (Wildman–Crippen LogP) is 5.85. The Morgan fingerprint density at radius 2 is 1.91 bits per heavy atom. The molecular formula is C23H21I2NO5S. The number of carbonyl (C=O) groups excluding carboxylic acids is 3. The van der Waals surface area contributed by atoms with E-state index in [1.807, 2.05) is 49.4 Å². The van der Waals surface area contributed by atoms with Crippen molar-refractivity contribution >= 4 is 80.1 Å². The van der Waals surface area contributed by atoms with Crippen molar-refractivity contribution in [1.82, 2.24) is 4.90 Å². The van der Waals surface area contributed by atoms with Gasteiger partial charge in [-0.05, 0) is 94.1 Å². The van der Waals surface area contributed by atoms with Crippen molar-refractivity contribution < 1.29 is 23.9 Å². The van der Waals surface area contributed by atoms with Gasteiger partial charge in [-0.1, -0.05) is 37.3 Å². The molecule has 1 saturated heterocycles. The smallest absolute Gasteiger partial charge is 0.326 e. The van der Waals surface area contributed by atoms with Gasteiger partial charge in [-0.25, -0.2) is 0 Å². The molecule has 0 bridgehead atoms. The standard InChI is InChI=1S/C23H21I2NO5S/c1-3-14(2)31-20(27)12-26-22(28)19(32-23(26)29)10-16-9-17(24)11-18(25)21(16)30-13-15-7-5-4-6-8-15/h4-11,14H,3,12-13H2,1-2H3/b19-10+/t14-/m1/s1. The highest BCUT2D eigenvalue weighted by atomic mass is 127. The van der Waals surface area contributed by atoms with Gasteiger partial charge in [0.25, 0.3) is 11.1 Å². The van der Waals surface area contributed by atoms with Crippen LogP contribution in [0.1, 0.15) is 31.4 Å². The largest absolute Gasteiger partial charge is 0.487 e. The van der Waals surface area contributed by atoms with E-state index in [0.717, 1.165) is 29.4 Å². The molecule has 2 amide bonds. The number of esters is 1. The van der Waals surface area contributed by atoms with Gasteiger partial charge in [0.05, 0.1) is 14.6 Å². The molecule has 9 heteroatoms. The molecule has 2 aromatic rings. The summed E-state index contributed by atoms with van der Waals surface area (Å²) in [7, 11) is 0. The van der Waals surface area contributed by atoms with Crippen LogP contribution >= 0.6 is 56.9 Å². The SMILES string of the molecule is CC[C@@H](C)OC(=O)CN1C(=O)S/C(=C/c2cc(I)cc(I)c2OCc2ccccc2)C1=O. The lowest BCUT2D eigenvalue weighted by molar-refractivity contribution is -0.150. The van der Waals surface area contributed by atoms with Crippen molar-refractivity contribution in [2.24, 2.45) is 0 Å². The lowest BCUT2D eigenvalue weighted by Crippen LogP contribution is -2.35. The average molecular weight is 677 g/mol. The van der Waals surface area contributed by atoms with Crippen molar-refractivity contribution in [3.63, 3.8) is 0 Å². The van der Waals surface area contributed by atoms with Crippen LogP contribution in [-0.2, 0) is 20.9 Å². The lowest BCUT2D eigenvalue weighted by Gasteiger charge is -2.15. The maximum atomic E-state index is 12.8. The van der Waals surface area contributed by atoms with E-state index in [4.69, 9.17) is 9.47 Å². The lowest BCUT2D eigenvalue weighted by atomic mass is 10.1. The number of thioether (sulfide) groups is 1. The van der Waals surface area contributed by atoms with Gasteiger partial charge in [0.1, 0.15) is 18.9 Å². The Bertz CT molecular complexity index is 1060. The van der Waals surface area contributed by atoms with Crippen LogP contribution in [0.5, 0.6) is 5.75 Å². The number of hydrogen-bond acceptors (Lipinski definition) is 6. The van der Waals surface area contributed by atoms with Gasteiger partial charge in [-0.3, -0.25) is 19.3 Å². The van der Waals surface area contributed by atoms with Gasteiger partial charge in [-0.15, -0.1) is 0 Å². The van der Waals surface area contributed by atoms with Crippen LogP contribution in [0.2, 0.25) is 0 Å². The van der Waals surface area contributed by atoms with E-state index in [9.17, 15) is 14.4 Å². The van der Waals surface area contributed by atoms with Crippen molar-refractivity contribution in [2.45, 2.75) is 33.0 Å². The first-order chi connectivity index (χ1) is 15.3. The fourth-order valence-corrected chi connectivity index (χ4v) is 5.70. The quantitative estimate of drug-likeness (QED) is 0.199. The first-order valence-electron chi connectivity index (χ1n) is 9.89. The average Bonchev–Trinajstić information content (AvgIpc) is 3.01. The monoisotopic (exact) mass is 677 g/mol. The van der Waals surface area contributed by atoms with Crippen LogP contribution in [0.4, 0.5) is 4.79 Å². The van der Waals surface area contributed by atoms with E-state index in [-0.39, 0.29) is 11.0 Å². The second-order valence-electron chi connectivity index (χ2n) is 7.06. The molecule has 1 atom stereocenters. The normalized spacial score (nSPS) is 15.9. The van der Waals surface area contributed by atoms with Crippen LogP contribution < -0.4 is 4.74 Å². The molecule has 0 spiro atoms. The molecule has 0 N–H and O–H groups in total. The first kappa shape index (κ1) is 25.0. The third kappa shape index (κ3) is 6.47. The number of benzene rings is 2. The molecule has 1 fully saturated rings. The van der Waals surface area contributed by atoms with E-state index in [0.29, 0.717) is 24.3 Å². The number of hydrogen-bond donors (Lipinski definition) is 0. The summed E-state index contributed by atoms with van der Waals surface area (Å²) in [6.45, 7) is 3.64. The molecule has 0 aromatic heterocycles. The summed E-state index contributed by atoms with van der Waals surface area (Å²) in [5.74, 6) is -0.472. The summed E-state index contributed by atoms with van der Waals surface area (Å²) < 4.78 is 13.2. The minimum atomic E-state index is -0.599. The van der Waals surface area contributed by atoms with Gasteiger partial charge in [0.15, 0.2) is 0 Å². The number of nitrogens with zero attached hydrogens (tertiary/aromatic N) is 1. The van der Waals surface area contributed by atoms with Crippen molar-refractivity contribution in [3.8, 4) is 5.75 Å². The zero-order chi connectivity index (χ0) is 23.3. The molecule has 0 saturated carbocycles. The summed E-state index contributed by atoms with van der Waals surface area (Å²) in [4.78, 5) is 38.5. The molecule has 0 unspecified atom stereocenters. The highest BCUT2D eigenvalue weighted by Gasteiger charge is 2.37. The van der Waals surface area contributed by atoms with E-state index >= 15 is 0 Å². The summed E-state index contributed by atoms with van der Waals surface area (Å²) in [5.41, 5.74) is 1.72. The molecule has 1 aliphatic rings. The second-order valence-corrected chi connectivity index (χ2v) is 10.5. The number of halogens is 2. The molecule has 2 aromatic carbocycles. The maximum Gasteiger partial charge on any atom is 0.326 e. The summed E-state index contributed by atoms with van der Waals surface area (Å²) >= 11 is 5.20. The fourth-order valence-electron chi connectivity index (χ4n) is 2.82. The molecule has 168 valence electrons. The number of imide groups is 1. The third-order valence-electron chi connectivity index (χ3n) is 4.62. The molecule has 32 heavy (non-hydrogen) atoms. The molecule has 1 heterocycles. The van der Waals surface area contributed by atoms with E-state index in [1.165, 1.54) is 0 Å². The Labute approximate surface area is 218 Å². The van der Waals surface area contributed by atoms with E-state index in [2.05, 4.69) is 45.2 Å². The van der Waals surface area contributed by atoms with Crippen LogP contribution in [0.3, 0.4) is 0 Å². The van der Waals surface area contributed by atoms with Crippen molar-refractivity contribution in [3.05, 3.63) is 65.6 Å². The van der Waals surface area contributed by atoms with E-state index < -0.39 is 23.7 Å². The second kappa shape index (κ2) is 11.5. The van der Waals surface area contributed by atoms with Crippen molar-refractivity contribution in [1.29, 1.82) is 0 Å². The Balaban J connectivity index is 1.82. The van der Waals surface area contributed by atoms with Gasteiger partial charge in [0, 0.05) is 9.13 Å². The number of carbonyl (C=O) groups is 3. The van der Waals surface area contributed by atoms with Crippen molar-refractivity contribution in [2.75, 3.05) is 6.54 Å². The molecule has 3 rings (SSSR count). The van der Waals surface area contributed by atoms with Crippen LogP contribution in [-0.4, -0.2) is 34.7 Å². The summed E-state index contributed by atoms with van der Waals surface area (Å²) in [6, 6.07) is 13.7. The van der Waals surface area contributed by atoms with Gasteiger partial charge in [-0.2, -0.15) is 0 Å². The molecule has 6 nitrogen and oxygen atoms in total. The molecule has 1 aliphatic heterocycles. The molecule has 0 radical (unpaired) electrons. The Morgan fingerprint density at radius 1 is 1.19 bits per heavy atom. The topological polar surface area (TPSA) is 72.9 Å². The Hall–Kier alpha value is -1.60. The summed E-state index contributed by atoms with van der Waals surface area (Å²) in [5, 5.41) is -0.491. The first-order valence-corrected chi connectivity index (χ1v) is 12.9. The van der Waals surface area contributed by atoms with Gasteiger partial charge >= 0.3 is 5.97 Å². The van der Waals surface area contributed by atoms with Crippen LogP contribution in [0.15, 0.2) is 47.4 Å². The predicted molar refractivity (Wildman–Crippen MR) is 141 cm³/mol. The van der Waals surface area contributed by atoms with Crippen LogP contribution in [0.25, 0.3) is 6.08 Å². The molecule has 0 aliphatic carbocycles. The zero-order valence-electron chi connectivity index (χ0n) is 17.5. The van der Waals surface area contributed by atoms with Gasteiger partial charge < -0.3 is 9.47 Å². The number of amides is 2. The third-order valence-corrected chi connectivity index (χ3v) is 6.95. The summed E-state index contributed by atoms with van der Waals surface area (Å²) in [6.07, 6.45) is 2.04. The highest BCUT2D eigenvalue weighted by Crippen LogP contribution is 2.36. The number of rotatable bonds is 8. The molecular weight excluding hydrogens is 656 g/mol. The highest BCUT2D eigenvalue weighted by molar-refractivity contribution is 14.1. The number of ether oxygens (including phenoxy) is 2. The maximum absolute atomic E-state index is 12.8. The Kier molecular flexibility index (Phi) is 9.00. The minimum Gasteiger partial charge on any atom is -0.487 e. The minimum absolute atomic E-state index is 0.244. The zero-order valence-corrected chi connectivity index (χ0v) is 22.6. The Morgan fingerprint density at radius 3 is 2.59 bits per heavy atom. The van der Waals surface area contributed by atoms with E-state index in [1.54, 1.807) is 13.0 Å².